The lowest BCUT2D eigenvalue weighted by Crippen LogP contribution is -2.39. The predicted octanol–water partition coefficient (Wildman–Crippen LogP) is 2.68. The smallest absolute Gasteiger partial charge is 0.241 e. The Bertz CT molecular complexity index is 370. The average molecular weight is 285 g/mol. The van der Waals surface area contributed by atoms with Crippen molar-refractivity contribution >= 4 is 27.5 Å². The fraction of sp³-hybridized carbons (Fsp3) is 0.417. The molecular formula is C12H17BrN2O. The topological polar surface area (TPSA) is 55.1 Å². The number of nitrogens with one attached hydrogen (secondary N) is 1. The summed E-state index contributed by atoms with van der Waals surface area (Å²) in [6.45, 7) is 5.83. The van der Waals surface area contributed by atoms with Crippen LogP contribution in [0.25, 0.3) is 0 Å². The first-order chi connectivity index (χ1) is 7.40. The number of rotatable bonds is 3. The van der Waals surface area contributed by atoms with Gasteiger partial charge >= 0.3 is 0 Å². The lowest BCUT2D eigenvalue weighted by atomic mass is 10.0. The molecule has 0 aliphatic heterocycles. The molecule has 0 aliphatic rings. The molecule has 0 fully saturated rings. The highest BCUT2D eigenvalue weighted by Crippen LogP contribution is 2.19. The second kappa shape index (κ2) is 5.46. The van der Waals surface area contributed by atoms with Crippen LogP contribution < -0.4 is 11.1 Å². The third-order valence-corrected chi connectivity index (χ3v) is 2.79. The number of carbonyl (C=O) groups excluding carboxylic acids is 1. The predicted molar refractivity (Wildman–Crippen MR) is 70.3 cm³/mol. The number of carbonyl (C=O) groups is 1. The van der Waals surface area contributed by atoms with Crippen LogP contribution in [0.2, 0.25) is 0 Å². The molecule has 1 aromatic rings. The molecule has 1 amide bonds. The molecule has 0 aliphatic carbocycles. The normalized spacial score (nSPS) is 12.6. The van der Waals surface area contributed by atoms with E-state index in [4.69, 9.17) is 5.73 Å². The van der Waals surface area contributed by atoms with Gasteiger partial charge in [-0.25, -0.2) is 0 Å². The molecule has 0 saturated heterocycles. The van der Waals surface area contributed by atoms with Crippen molar-refractivity contribution in [1.29, 1.82) is 0 Å². The van der Waals surface area contributed by atoms with E-state index in [1.54, 1.807) is 0 Å². The standard InChI is InChI=1S/C12H17BrN2O/c1-7(2)11(14)12(16)15-10-5-8(3)4-9(13)6-10/h4-7,11H,14H2,1-3H3,(H,15,16)/t11-/m1/s1. The summed E-state index contributed by atoms with van der Waals surface area (Å²) in [6, 6.07) is 5.28. The summed E-state index contributed by atoms with van der Waals surface area (Å²) in [5.41, 5.74) is 7.62. The second-order valence-electron chi connectivity index (χ2n) is 4.28. The number of nitrogens with two attached hydrogens (primary N) is 1. The number of halogens is 1. The van der Waals surface area contributed by atoms with Gasteiger partial charge < -0.3 is 11.1 Å². The summed E-state index contributed by atoms with van der Waals surface area (Å²) in [5, 5.41) is 2.81. The van der Waals surface area contributed by atoms with E-state index in [0.29, 0.717) is 0 Å². The zero-order valence-corrected chi connectivity index (χ0v) is 11.3. The molecule has 88 valence electrons. The maximum atomic E-state index is 11.7. The van der Waals surface area contributed by atoms with Gasteiger partial charge in [-0.05, 0) is 36.6 Å². The molecule has 0 saturated carbocycles. The zero-order chi connectivity index (χ0) is 12.3. The fourth-order valence-electron chi connectivity index (χ4n) is 1.34. The molecule has 0 radical (unpaired) electrons. The van der Waals surface area contributed by atoms with Crippen molar-refractivity contribution in [3.8, 4) is 0 Å². The Hall–Kier alpha value is -0.870. The Kier molecular flexibility index (Phi) is 4.50. The van der Waals surface area contributed by atoms with E-state index in [1.807, 2.05) is 39.0 Å². The van der Waals surface area contributed by atoms with E-state index in [1.165, 1.54) is 0 Å². The van der Waals surface area contributed by atoms with Gasteiger partial charge in [0.25, 0.3) is 0 Å². The summed E-state index contributed by atoms with van der Waals surface area (Å²) in [5.74, 6) is -0.0132. The number of amides is 1. The molecule has 0 spiro atoms. The highest BCUT2D eigenvalue weighted by atomic mass is 79.9. The van der Waals surface area contributed by atoms with Gasteiger partial charge in [-0.2, -0.15) is 0 Å². The number of hydrogen-bond acceptors (Lipinski definition) is 2. The van der Waals surface area contributed by atoms with Gasteiger partial charge in [0.05, 0.1) is 6.04 Å². The number of benzene rings is 1. The lowest BCUT2D eigenvalue weighted by Gasteiger charge is -2.15. The van der Waals surface area contributed by atoms with Crippen molar-refractivity contribution in [2.45, 2.75) is 26.8 Å². The Labute approximate surface area is 105 Å². The van der Waals surface area contributed by atoms with Crippen molar-refractivity contribution in [2.75, 3.05) is 5.32 Å². The maximum absolute atomic E-state index is 11.7. The highest BCUT2D eigenvalue weighted by Gasteiger charge is 2.17. The quantitative estimate of drug-likeness (QED) is 0.897. The first kappa shape index (κ1) is 13.2. The van der Waals surface area contributed by atoms with E-state index in [9.17, 15) is 4.79 Å². The minimum Gasteiger partial charge on any atom is -0.325 e. The van der Waals surface area contributed by atoms with Gasteiger partial charge in [0.1, 0.15) is 0 Å². The molecule has 0 bridgehead atoms. The highest BCUT2D eigenvalue weighted by molar-refractivity contribution is 9.10. The minimum absolute atomic E-state index is 0.133. The van der Waals surface area contributed by atoms with Gasteiger partial charge in [0.15, 0.2) is 0 Å². The number of anilines is 1. The van der Waals surface area contributed by atoms with Gasteiger partial charge in [0, 0.05) is 10.2 Å². The van der Waals surface area contributed by atoms with Crippen molar-refractivity contribution < 1.29 is 4.79 Å². The molecule has 0 heterocycles. The summed E-state index contributed by atoms with van der Waals surface area (Å²) in [6.07, 6.45) is 0. The van der Waals surface area contributed by atoms with Gasteiger partial charge in [0.2, 0.25) is 5.91 Å². The molecule has 3 nitrogen and oxygen atoms in total. The van der Waals surface area contributed by atoms with E-state index in [2.05, 4.69) is 21.2 Å². The van der Waals surface area contributed by atoms with E-state index >= 15 is 0 Å². The summed E-state index contributed by atoms with van der Waals surface area (Å²) < 4.78 is 0.945. The monoisotopic (exact) mass is 284 g/mol. The molecular weight excluding hydrogens is 268 g/mol. The van der Waals surface area contributed by atoms with Crippen LogP contribution in [0.15, 0.2) is 22.7 Å². The van der Waals surface area contributed by atoms with E-state index in [0.717, 1.165) is 15.7 Å². The minimum atomic E-state index is -0.473. The molecule has 1 rings (SSSR count). The van der Waals surface area contributed by atoms with Crippen LogP contribution in [-0.2, 0) is 4.79 Å². The van der Waals surface area contributed by atoms with Gasteiger partial charge in [-0.15, -0.1) is 0 Å². The summed E-state index contributed by atoms with van der Waals surface area (Å²) in [4.78, 5) is 11.7. The Morgan fingerprint density at radius 2 is 2.00 bits per heavy atom. The SMILES string of the molecule is Cc1cc(Br)cc(NC(=O)[C@H](N)C(C)C)c1. The first-order valence-electron chi connectivity index (χ1n) is 5.24. The molecule has 1 atom stereocenters. The number of hydrogen-bond donors (Lipinski definition) is 2. The zero-order valence-electron chi connectivity index (χ0n) is 9.75. The molecule has 0 aromatic heterocycles. The Balaban J connectivity index is 2.77. The van der Waals surface area contributed by atoms with Crippen LogP contribution >= 0.6 is 15.9 Å². The van der Waals surface area contributed by atoms with Crippen LogP contribution in [0.4, 0.5) is 5.69 Å². The second-order valence-corrected chi connectivity index (χ2v) is 5.19. The van der Waals surface area contributed by atoms with Crippen LogP contribution in [0.1, 0.15) is 19.4 Å². The molecule has 0 unspecified atom stereocenters. The number of aryl methyl sites for hydroxylation is 1. The Morgan fingerprint density at radius 1 is 1.38 bits per heavy atom. The third kappa shape index (κ3) is 3.61. The van der Waals surface area contributed by atoms with Gasteiger partial charge in [-0.3, -0.25) is 4.79 Å². The van der Waals surface area contributed by atoms with Crippen LogP contribution in [0.5, 0.6) is 0 Å². The molecule has 16 heavy (non-hydrogen) atoms. The molecule has 1 aromatic carbocycles. The fourth-order valence-corrected chi connectivity index (χ4v) is 1.94. The van der Waals surface area contributed by atoms with Crippen molar-refractivity contribution in [3.63, 3.8) is 0 Å². The summed E-state index contributed by atoms with van der Waals surface area (Å²) in [7, 11) is 0. The van der Waals surface area contributed by atoms with Gasteiger partial charge in [-0.1, -0.05) is 29.8 Å². The van der Waals surface area contributed by atoms with Crippen molar-refractivity contribution in [2.24, 2.45) is 11.7 Å². The third-order valence-electron chi connectivity index (χ3n) is 2.33. The Morgan fingerprint density at radius 3 is 2.50 bits per heavy atom. The van der Waals surface area contributed by atoms with Crippen LogP contribution in [0.3, 0.4) is 0 Å². The first-order valence-corrected chi connectivity index (χ1v) is 6.03. The van der Waals surface area contributed by atoms with E-state index < -0.39 is 6.04 Å². The molecule has 3 N–H and O–H groups in total. The maximum Gasteiger partial charge on any atom is 0.241 e. The molecule has 4 heteroatoms. The van der Waals surface area contributed by atoms with E-state index in [-0.39, 0.29) is 11.8 Å². The van der Waals surface area contributed by atoms with Crippen LogP contribution in [0, 0.1) is 12.8 Å². The summed E-state index contributed by atoms with van der Waals surface area (Å²) >= 11 is 3.39. The average Bonchev–Trinajstić information content (AvgIpc) is 2.14. The van der Waals surface area contributed by atoms with Crippen LogP contribution in [-0.4, -0.2) is 11.9 Å². The largest absolute Gasteiger partial charge is 0.325 e. The van der Waals surface area contributed by atoms with Crippen molar-refractivity contribution in [1.82, 2.24) is 0 Å². The van der Waals surface area contributed by atoms with Crippen molar-refractivity contribution in [3.05, 3.63) is 28.2 Å². The lowest BCUT2D eigenvalue weighted by molar-refractivity contribution is -0.118.